The summed E-state index contributed by atoms with van der Waals surface area (Å²) in [6, 6.07) is 14.5. The Morgan fingerprint density at radius 1 is 0.953 bits per heavy atom. The standard InChI is InChI=1S/C31H29Br2N3O7/c1-4-12-42-25-11-10-20(16-26(25)41-5-2)36-30(39)21(29(38)35-31(36)40)13-19-14-22(32)28(23(33)15-19)43-17-27(37)34-24-9-7-6-8-18(24)3/h6-11,13-16H,4-5,12,17H2,1-3H3,(H,34,37)(H,35,38,40)/b21-13+. The van der Waals surface area contributed by atoms with Gasteiger partial charge in [0.1, 0.15) is 11.3 Å². The highest BCUT2D eigenvalue weighted by Gasteiger charge is 2.37. The Morgan fingerprint density at radius 2 is 1.67 bits per heavy atom. The number of nitrogens with zero attached hydrogens (tertiary/aromatic N) is 1. The van der Waals surface area contributed by atoms with Gasteiger partial charge >= 0.3 is 6.03 Å². The van der Waals surface area contributed by atoms with E-state index in [0.29, 0.717) is 50.7 Å². The van der Waals surface area contributed by atoms with Crippen LogP contribution in [0.25, 0.3) is 6.08 Å². The zero-order valence-corrected chi connectivity index (χ0v) is 26.8. The second-order valence-electron chi connectivity index (χ2n) is 9.34. The number of amides is 5. The molecule has 0 radical (unpaired) electrons. The average Bonchev–Trinajstić information content (AvgIpc) is 2.95. The Labute approximate surface area is 265 Å². The van der Waals surface area contributed by atoms with E-state index in [9.17, 15) is 19.2 Å². The van der Waals surface area contributed by atoms with Crippen LogP contribution in [0.1, 0.15) is 31.4 Å². The molecule has 0 bridgehead atoms. The summed E-state index contributed by atoms with van der Waals surface area (Å²) >= 11 is 6.87. The van der Waals surface area contributed by atoms with Crippen LogP contribution in [-0.4, -0.2) is 43.6 Å². The molecular formula is C31H29Br2N3O7. The van der Waals surface area contributed by atoms with Gasteiger partial charge in [-0.3, -0.25) is 19.7 Å². The first-order valence-corrected chi connectivity index (χ1v) is 15.0. The molecule has 10 nitrogen and oxygen atoms in total. The largest absolute Gasteiger partial charge is 0.490 e. The summed E-state index contributed by atoms with van der Waals surface area (Å²) < 4.78 is 18.0. The summed E-state index contributed by atoms with van der Waals surface area (Å²) in [7, 11) is 0. The molecule has 2 N–H and O–H groups in total. The quantitative estimate of drug-likeness (QED) is 0.174. The van der Waals surface area contributed by atoms with E-state index in [2.05, 4.69) is 42.5 Å². The van der Waals surface area contributed by atoms with Crippen molar-refractivity contribution in [1.29, 1.82) is 0 Å². The van der Waals surface area contributed by atoms with Crippen LogP contribution < -0.4 is 29.7 Å². The summed E-state index contributed by atoms with van der Waals surface area (Å²) in [4.78, 5) is 52.3. The lowest BCUT2D eigenvalue weighted by molar-refractivity contribution is -0.122. The van der Waals surface area contributed by atoms with Gasteiger partial charge in [-0.1, -0.05) is 25.1 Å². The van der Waals surface area contributed by atoms with Gasteiger partial charge in [-0.15, -0.1) is 0 Å². The number of nitrogens with one attached hydrogen (secondary N) is 2. The van der Waals surface area contributed by atoms with Crippen LogP contribution in [0.15, 0.2) is 69.1 Å². The number of anilines is 2. The smallest absolute Gasteiger partial charge is 0.335 e. The van der Waals surface area contributed by atoms with Crippen molar-refractivity contribution >= 4 is 73.1 Å². The van der Waals surface area contributed by atoms with Crippen molar-refractivity contribution < 1.29 is 33.4 Å². The van der Waals surface area contributed by atoms with Gasteiger partial charge in [-0.25, -0.2) is 9.69 Å². The molecule has 224 valence electrons. The number of barbiturate groups is 1. The van der Waals surface area contributed by atoms with Gasteiger partial charge in [0, 0.05) is 11.8 Å². The highest BCUT2D eigenvalue weighted by atomic mass is 79.9. The summed E-state index contributed by atoms with van der Waals surface area (Å²) in [6.07, 6.45) is 2.16. The molecule has 43 heavy (non-hydrogen) atoms. The molecule has 12 heteroatoms. The lowest BCUT2D eigenvalue weighted by Crippen LogP contribution is -2.54. The molecule has 1 aliphatic heterocycles. The first-order chi connectivity index (χ1) is 20.6. The van der Waals surface area contributed by atoms with Gasteiger partial charge in [0.2, 0.25) is 0 Å². The molecule has 1 saturated heterocycles. The third kappa shape index (κ3) is 7.63. The second kappa shape index (κ2) is 14.3. The van der Waals surface area contributed by atoms with Crippen molar-refractivity contribution in [2.45, 2.75) is 27.2 Å². The summed E-state index contributed by atoms with van der Waals surface area (Å²) in [5, 5.41) is 5.03. The highest BCUT2D eigenvalue weighted by molar-refractivity contribution is 9.11. The molecule has 0 saturated carbocycles. The summed E-state index contributed by atoms with van der Waals surface area (Å²) in [5.74, 6) is -0.780. The first-order valence-electron chi connectivity index (χ1n) is 13.4. The van der Waals surface area contributed by atoms with Crippen LogP contribution in [0.4, 0.5) is 16.2 Å². The summed E-state index contributed by atoms with van der Waals surface area (Å²) in [6.45, 7) is 6.23. The topological polar surface area (TPSA) is 123 Å². The molecule has 0 spiro atoms. The number of rotatable bonds is 11. The SMILES string of the molecule is CCCOc1ccc(N2C(=O)NC(=O)/C(=C\c3cc(Br)c(OCC(=O)Nc4ccccc4C)c(Br)c3)C2=O)cc1OCC. The molecule has 5 amide bonds. The molecule has 1 heterocycles. The van der Waals surface area contributed by atoms with Crippen molar-refractivity contribution in [3.05, 3.63) is 80.2 Å². The number of carbonyl (C=O) groups is 4. The monoisotopic (exact) mass is 713 g/mol. The van der Waals surface area contributed by atoms with E-state index in [0.717, 1.165) is 16.9 Å². The third-order valence-corrected chi connectivity index (χ3v) is 7.33. The Morgan fingerprint density at radius 3 is 2.35 bits per heavy atom. The number of carbonyl (C=O) groups excluding carboxylic acids is 4. The van der Waals surface area contributed by atoms with E-state index >= 15 is 0 Å². The minimum atomic E-state index is -0.882. The van der Waals surface area contributed by atoms with Crippen molar-refractivity contribution in [1.82, 2.24) is 5.32 Å². The molecule has 0 aliphatic carbocycles. The van der Waals surface area contributed by atoms with E-state index in [4.69, 9.17) is 14.2 Å². The molecule has 3 aromatic carbocycles. The number of hydrogen-bond donors (Lipinski definition) is 2. The lowest BCUT2D eigenvalue weighted by atomic mass is 10.1. The van der Waals surface area contributed by atoms with Crippen molar-refractivity contribution in [2.75, 3.05) is 30.0 Å². The normalized spacial score (nSPS) is 14.0. The van der Waals surface area contributed by atoms with Crippen LogP contribution in [0.2, 0.25) is 0 Å². The van der Waals surface area contributed by atoms with Crippen molar-refractivity contribution in [3.8, 4) is 17.2 Å². The Bertz CT molecular complexity index is 1580. The Balaban J connectivity index is 1.55. The molecule has 4 rings (SSSR count). The lowest BCUT2D eigenvalue weighted by Gasteiger charge is -2.27. The Hall–Kier alpha value is -4.16. The average molecular weight is 715 g/mol. The number of urea groups is 1. The predicted molar refractivity (Wildman–Crippen MR) is 170 cm³/mol. The second-order valence-corrected chi connectivity index (χ2v) is 11.0. The minimum Gasteiger partial charge on any atom is -0.490 e. The van der Waals surface area contributed by atoms with Crippen LogP contribution in [0.3, 0.4) is 0 Å². The fourth-order valence-electron chi connectivity index (χ4n) is 4.13. The fourth-order valence-corrected chi connectivity index (χ4v) is 5.58. The zero-order valence-electron chi connectivity index (χ0n) is 23.7. The molecule has 3 aromatic rings. The highest BCUT2D eigenvalue weighted by Crippen LogP contribution is 2.37. The number of benzene rings is 3. The fraction of sp³-hybridized carbons (Fsp3) is 0.226. The van der Waals surface area contributed by atoms with Crippen LogP contribution in [-0.2, 0) is 14.4 Å². The molecule has 0 aromatic heterocycles. The van der Waals surface area contributed by atoms with Crippen LogP contribution in [0.5, 0.6) is 17.2 Å². The van der Waals surface area contributed by atoms with Crippen molar-refractivity contribution in [2.24, 2.45) is 0 Å². The van der Waals surface area contributed by atoms with Gasteiger partial charge in [0.25, 0.3) is 17.7 Å². The van der Waals surface area contributed by atoms with Gasteiger partial charge in [-0.2, -0.15) is 0 Å². The maximum absolute atomic E-state index is 13.5. The maximum Gasteiger partial charge on any atom is 0.335 e. The van der Waals surface area contributed by atoms with Gasteiger partial charge in [-0.05, 0) is 99.7 Å². The van der Waals surface area contributed by atoms with Crippen LogP contribution in [0, 0.1) is 6.92 Å². The van der Waals surface area contributed by atoms with Crippen molar-refractivity contribution in [3.63, 3.8) is 0 Å². The van der Waals surface area contributed by atoms with E-state index in [-0.39, 0.29) is 23.8 Å². The summed E-state index contributed by atoms with van der Waals surface area (Å²) in [5.41, 5.74) is 2.03. The number of ether oxygens (including phenoxy) is 3. The predicted octanol–water partition coefficient (Wildman–Crippen LogP) is 6.39. The number of hydrogen-bond acceptors (Lipinski definition) is 7. The molecule has 0 unspecified atom stereocenters. The number of imide groups is 2. The van der Waals surface area contributed by atoms with E-state index in [1.165, 1.54) is 12.1 Å². The zero-order chi connectivity index (χ0) is 31.1. The molecular weight excluding hydrogens is 686 g/mol. The minimum absolute atomic E-state index is 0.211. The van der Waals surface area contributed by atoms with E-state index in [1.54, 1.807) is 37.3 Å². The van der Waals surface area contributed by atoms with E-state index < -0.39 is 17.8 Å². The van der Waals surface area contributed by atoms with Crippen LogP contribution >= 0.6 is 31.9 Å². The number of aryl methyl sites for hydroxylation is 1. The van der Waals surface area contributed by atoms with Gasteiger partial charge in [0.15, 0.2) is 18.1 Å². The third-order valence-electron chi connectivity index (χ3n) is 6.15. The van der Waals surface area contributed by atoms with Gasteiger partial charge < -0.3 is 19.5 Å². The number of halogens is 2. The van der Waals surface area contributed by atoms with E-state index in [1.807, 2.05) is 32.0 Å². The Kier molecular flexibility index (Phi) is 10.6. The number of para-hydroxylation sites is 1. The molecule has 0 atom stereocenters. The molecule has 1 aliphatic rings. The molecule has 1 fully saturated rings. The van der Waals surface area contributed by atoms with Gasteiger partial charge in [0.05, 0.1) is 27.8 Å². The first kappa shape index (κ1) is 31.8. The maximum atomic E-state index is 13.5.